The van der Waals surface area contributed by atoms with E-state index >= 15 is 0 Å². The van der Waals surface area contributed by atoms with Crippen LogP contribution in [-0.2, 0) is 11.3 Å². The molecule has 0 radical (unpaired) electrons. The second kappa shape index (κ2) is 5.87. The molecule has 1 heterocycles. The van der Waals surface area contributed by atoms with Gasteiger partial charge in [0, 0.05) is 5.56 Å². The summed E-state index contributed by atoms with van der Waals surface area (Å²) in [6.45, 7) is -1.07. The summed E-state index contributed by atoms with van der Waals surface area (Å²) in [5.74, 6) is -0.501. The third-order valence-corrected chi connectivity index (χ3v) is 3.50. The maximum absolute atomic E-state index is 12.5. The van der Waals surface area contributed by atoms with Crippen molar-refractivity contribution in [3.05, 3.63) is 65.7 Å². The van der Waals surface area contributed by atoms with Gasteiger partial charge in [-0.05, 0) is 11.6 Å². The molecule has 118 valence electrons. The number of para-hydroxylation sites is 1. The number of anilines is 1. The van der Waals surface area contributed by atoms with Gasteiger partial charge < -0.3 is 4.90 Å². The van der Waals surface area contributed by atoms with E-state index in [0.717, 1.165) is 5.56 Å². The van der Waals surface area contributed by atoms with Crippen molar-refractivity contribution < 1.29 is 18.0 Å². The van der Waals surface area contributed by atoms with Gasteiger partial charge in [0.15, 0.2) is 0 Å². The Kier molecular flexibility index (Phi) is 3.90. The SMILES string of the molecule is O=C1C(=NCC(F)(F)F)c2ccccc2N1Cc1ccccc1. The summed E-state index contributed by atoms with van der Waals surface area (Å²) in [5, 5.41) is 0. The van der Waals surface area contributed by atoms with Crippen LogP contribution in [0.1, 0.15) is 11.1 Å². The number of carbonyl (C=O) groups is 1. The van der Waals surface area contributed by atoms with Crippen molar-refractivity contribution in [1.82, 2.24) is 0 Å². The Morgan fingerprint density at radius 3 is 2.30 bits per heavy atom. The van der Waals surface area contributed by atoms with Crippen LogP contribution in [0.25, 0.3) is 0 Å². The second-order valence-electron chi connectivity index (χ2n) is 5.17. The van der Waals surface area contributed by atoms with E-state index < -0.39 is 18.6 Å². The second-order valence-corrected chi connectivity index (χ2v) is 5.17. The third-order valence-electron chi connectivity index (χ3n) is 3.50. The Balaban J connectivity index is 1.95. The maximum atomic E-state index is 12.5. The molecule has 3 rings (SSSR count). The number of hydrogen-bond donors (Lipinski definition) is 0. The standard InChI is InChI=1S/C17H13F3N2O/c18-17(19,20)11-21-15-13-8-4-5-9-14(13)22(16(15)23)10-12-6-2-1-3-7-12/h1-9H,10-11H2. The van der Waals surface area contributed by atoms with Gasteiger partial charge in [0.2, 0.25) is 0 Å². The zero-order valence-electron chi connectivity index (χ0n) is 12.0. The fourth-order valence-corrected chi connectivity index (χ4v) is 2.51. The quantitative estimate of drug-likeness (QED) is 0.851. The van der Waals surface area contributed by atoms with Gasteiger partial charge in [-0.2, -0.15) is 13.2 Å². The summed E-state index contributed by atoms with van der Waals surface area (Å²) >= 11 is 0. The molecule has 0 saturated carbocycles. The van der Waals surface area contributed by atoms with Crippen molar-refractivity contribution in [3.8, 4) is 0 Å². The van der Waals surface area contributed by atoms with Crippen molar-refractivity contribution in [3.63, 3.8) is 0 Å². The molecule has 0 unspecified atom stereocenters. The van der Waals surface area contributed by atoms with Crippen LogP contribution < -0.4 is 4.90 Å². The lowest BCUT2D eigenvalue weighted by Gasteiger charge is -2.16. The Bertz CT molecular complexity index is 754. The van der Waals surface area contributed by atoms with E-state index in [1.165, 1.54) is 4.90 Å². The highest BCUT2D eigenvalue weighted by atomic mass is 19.4. The Morgan fingerprint density at radius 1 is 0.957 bits per heavy atom. The Morgan fingerprint density at radius 2 is 1.61 bits per heavy atom. The zero-order valence-corrected chi connectivity index (χ0v) is 12.0. The van der Waals surface area contributed by atoms with Crippen LogP contribution in [0.5, 0.6) is 0 Å². The average molecular weight is 318 g/mol. The highest BCUT2D eigenvalue weighted by Crippen LogP contribution is 2.31. The minimum atomic E-state index is -4.44. The summed E-state index contributed by atoms with van der Waals surface area (Å²) in [6, 6.07) is 16.0. The topological polar surface area (TPSA) is 32.7 Å². The molecule has 0 bridgehead atoms. The molecule has 1 aliphatic rings. The van der Waals surface area contributed by atoms with Gasteiger partial charge in [-0.25, -0.2) is 0 Å². The molecule has 0 saturated heterocycles. The van der Waals surface area contributed by atoms with Crippen LogP contribution >= 0.6 is 0 Å². The van der Waals surface area contributed by atoms with Gasteiger partial charge in [-0.1, -0.05) is 48.5 Å². The minimum absolute atomic E-state index is 0.131. The predicted molar refractivity (Wildman–Crippen MR) is 81.5 cm³/mol. The van der Waals surface area contributed by atoms with E-state index in [4.69, 9.17) is 0 Å². The van der Waals surface area contributed by atoms with Crippen molar-refractivity contribution in [2.45, 2.75) is 12.7 Å². The zero-order chi connectivity index (χ0) is 16.4. The van der Waals surface area contributed by atoms with Gasteiger partial charge in [0.25, 0.3) is 5.91 Å². The lowest BCUT2D eigenvalue weighted by Crippen LogP contribution is -2.30. The molecule has 1 amide bonds. The molecule has 2 aromatic rings. The summed E-state index contributed by atoms with van der Waals surface area (Å²) in [5.41, 5.74) is 1.79. The number of amides is 1. The summed E-state index contributed by atoms with van der Waals surface area (Å²) in [7, 11) is 0. The maximum Gasteiger partial charge on any atom is 0.407 e. The molecule has 0 aliphatic carbocycles. The fraction of sp³-hybridized carbons (Fsp3) is 0.176. The first-order valence-corrected chi connectivity index (χ1v) is 7.02. The smallest absolute Gasteiger partial charge is 0.302 e. The van der Waals surface area contributed by atoms with Crippen molar-refractivity contribution >= 4 is 17.3 Å². The van der Waals surface area contributed by atoms with Crippen LogP contribution in [0, 0.1) is 0 Å². The molecule has 6 heteroatoms. The number of aliphatic imine (C=N–C) groups is 1. The molecule has 23 heavy (non-hydrogen) atoms. The van der Waals surface area contributed by atoms with Crippen LogP contribution in [0.2, 0.25) is 0 Å². The summed E-state index contributed by atoms with van der Waals surface area (Å²) in [4.78, 5) is 17.5. The van der Waals surface area contributed by atoms with E-state index in [9.17, 15) is 18.0 Å². The Hall–Kier alpha value is -2.63. The average Bonchev–Trinajstić information content (AvgIpc) is 2.78. The van der Waals surface area contributed by atoms with Crippen molar-refractivity contribution in [1.29, 1.82) is 0 Å². The van der Waals surface area contributed by atoms with E-state index in [1.807, 2.05) is 30.3 Å². The number of carbonyl (C=O) groups excluding carboxylic acids is 1. The molecule has 0 aromatic heterocycles. The molecule has 3 nitrogen and oxygen atoms in total. The summed E-state index contributed by atoms with van der Waals surface area (Å²) in [6.07, 6.45) is -4.44. The number of rotatable bonds is 3. The van der Waals surface area contributed by atoms with Crippen LogP contribution in [0.15, 0.2) is 59.6 Å². The third kappa shape index (κ3) is 3.26. The van der Waals surface area contributed by atoms with Crippen LogP contribution in [-0.4, -0.2) is 24.3 Å². The number of alkyl halides is 3. The van der Waals surface area contributed by atoms with Crippen LogP contribution in [0.3, 0.4) is 0 Å². The first-order valence-electron chi connectivity index (χ1n) is 7.02. The molecule has 0 fully saturated rings. The van der Waals surface area contributed by atoms with Gasteiger partial charge >= 0.3 is 6.18 Å². The van der Waals surface area contributed by atoms with E-state index in [0.29, 0.717) is 17.8 Å². The Labute approximate surface area is 131 Å². The van der Waals surface area contributed by atoms with E-state index in [2.05, 4.69) is 4.99 Å². The number of benzene rings is 2. The lowest BCUT2D eigenvalue weighted by molar-refractivity contribution is -0.118. The first-order chi connectivity index (χ1) is 11.0. The first kappa shape index (κ1) is 15.3. The molecule has 1 aliphatic heterocycles. The van der Waals surface area contributed by atoms with Crippen molar-refractivity contribution in [2.75, 3.05) is 11.4 Å². The van der Waals surface area contributed by atoms with Gasteiger partial charge in [0.1, 0.15) is 12.3 Å². The largest absolute Gasteiger partial charge is 0.407 e. The van der Waals surface area contributed by atoms with Gasteiger partial charge in [-0.15, -0.1) is 0 Å². The number of halogens is 3. The number of nitrogens with zero attached hydrogens (tertiary/aromatic N) is 2. The lowest BCUT2D eigenvalue weighted by atomic mass is 10.1. The van der Waals surface area contributed by atoms with Crippen molar-refractivity contribution in [2.24, 2.45) is 4.99 Å². The van der Waals surface area contributed by atoms with E-state index in [1.54, 1.807) is 24.3 Å². The minimum Gasteiger partial charge on any atom is -0.302 e. The van der Waals surface area contributed by atoms with Crippen LogP contribution in [0.4, 0.5) is 18.9 Å². The predicted octanol–water partition coefficient (Wildman–Crippen LogP) is 3.58. The number of fused-ring (bicyclic) bond motifs is 1. The van der Waals surface area contributed by atoms with Gasteiger partial charge in [0.05, 0.1) is 12.2 Å². The number of hydrogen-bond acceptors (Lipinski definition) is 2. The monoisotopic (exact) mass is 318 g/mol. The molecular weight excluding hydrogens is 305 g/mol. The van der Waals surface area contributed by atoms with E-state index in [-0.39, 0.29) is 5.71 Å². The van der Waals surface area contributed by atoms with Gasteiger partial charge in [-0.3, -0.25) is 9.79 Å². The molecule has 0 N–H and O–H groups in total. The highest BCUT2D eigenvalue weighted by Gasteiger charge is 2.35. The summed E-state index contributed by atoms with van der Waals surface area (Å²) < 4.78 is 37.3. The normalized spacial score (nSPS) is 16.0. The molecule has 2 aromatic carbocycles. The highest BCUT2D eigenvalue weighted by molar-refractivity contribution is 6.54. The molecular formula is C17H13F3N2O. The molecule has 0 spiro atoms. The fourth-order valence-electron chi connectivity index (χ4n) is 2.51. The molecule has 0 atom stereocenters.